The Morgan fingerprint density at radius 1 is 1.38 bits per heavy atom. The first-order valence-corrected chi connectivity index (χ1v) is 5.62. The van der Waals surface area contributed by atoms with Gasteiger partial charge in [-0.1, -0.05) is 6.42 Å². The molecular weight excluding hydrogens is 182 g/mol. The third-order valence-electron chi connectivity index (χ3n) is 2.76. The van der Waals surface area contributed by atoms with Gasteiger partial charge in [0, 0.05) is 10.8 Å². The van der Waals surface area contributed by atoms with Crippen molar-refractivity contribution in [2.75, 3.05) is 0 Å². The predicted octanol–water partition coefficient (Wildman–Crippen LogP) is 2.39. The zero-order chi connectivity index (χ0) is 9.42. The first kappa shape index (κ1) is 9.16. The van der Waals surface area contributed by atoms with Crippen LogP contribution in [0.2, 0.25) is 0 Å². The Labute approximate surface area is 82.6 Å². The van der Waals surface area contributed by atoms with E-state index in [-0.39, 0.29) is 6.10 Å². The molecule has 3 heteroatoms. The van der Waals surface area contributed by atoms with Crippen molar-refractivity contribution in [2.24, 2.45) is 0 Å². The molecule has 0 aromatic carbocycles. The summed E-state index contributed by atoms with van der Waals surface area (Å²) in [5, 5.41) is 10.9. The molecule has 1 saturated carbocycles. The molecule has 1 heterocycles. The van der Waals surface area contributed by atoms with Crippen molar-refractivity contribution in [1.82, 2.24) is 4.98 Å². The molecule has 0 radical (unpaired) electrons. The molecule has 72 valence electrons. The van der Waals surface area contributed by atoms with Crippen LogP contribution in [0.3, 0.4) is 0 Å². The van der Waals surface area contributed by atoms with Gasteiger partial charge in [0.05, 0.1) is 16.8 Å². The summed E-state index contributed by atoms with van der Waals surface area (Å²) in [4.78, 5) is 5.71. The first-order valence-electron chi connectivity index (χ1n) is 4.80. The van der Waals surface area contributed by atoms with Gasteiger partial charge in [-0.2, -0.15) is 0 Å². The fourth-order valence-electron chi connectivity index (χ4n) is 2.14. The van der Waals surface area contributed by atoms with Gasteiger partial charge in [-0.05, 0) is 26.7 Å². The molecule has 2 rings (SSSR count). The molecule has 1 N–H and O–H groups in total. The number of aliphatic hydroxyl groups excluding tert-OH is 1. The molecule has 0 aliphatic heterocycles. The lowest BCUT2D eigenvalue weighted by Crippen LogP contribution is -2.10. The van der Waals surface area contributed by atoms with Crippen LogP contribution in [-0.2, 0) is 0 Å². The van der Waals surface area contributed by atoms with Crippen LogP contribution >= 0.6 is 11.3 Å². The van der Waals surface area contributed by atoms with Gasteiger partial charge in [0.2, 0.25) is 0 Å². The Morgan fingerprint density at radius 2 is 2.15 bits per heavy atom. The van der Waals surface area contributed by atoms with Crippen LogP contribution in [0.25, 0.3) is 0 Å². The lowest BCUT2D eigenvalue weighted by Gasteiger charge is -2.12. The Hall–Kier alpha value is -0.410. The highest BCUT2D eigenvalue weighted by Crippen LogP contribution is 2.38. The van der Waals surface area contributed by atoms with Gasteiger partial charge in [-0.3, -0.25) is 0 Å². The van der Waals surface area contributed by atoms with Crippen LogP contribution < -0.4 is 0 Å². The topological polar surface area (TPSA) is 33.1 Å². The van der Waals surface area contributed by atoms with E-state index in [1.165, 1.54) is 4.88 Å². The fourth-order valence-corrected chi connectivity index (χ4v) is 3.26. The minimum absolute atomic E-state index is 0.126. The summed E-state index contributed by atoms with van der Waals surface area (Å²) >= 11 is 1.74. The van der Waals surface area contributed by atoms with Crippen LogP contribution in [-0.4, -0.2) is 16.2 Å². The Bertz CT molecular complexity index is 308. The van der Waals surface area contributed by atoms with E-state index in [0.29, 0.717) is 5.92 Å². The molecule has 1 aliphatic rings. The van der Waals surface area contributed by atoms with Gasteiger partial charge in [0.25, 0.3) is 0 Å². The predicted molar refractivity (Wildman–Crippen MR) is 54.2 cm³/mol. The lowest BCUT2D eigenvalue weighted by atomic mass is 10.0. The summed E-state index contributed by atoms with van der Waals surface area (Å²) in [7, 11) is 0. The van der Waals surface area contributed by atoms with E-state index in [0.717, 1.165) is 30.0 Å². The van der Waals surface area contributed by atoms with Crippen LogP contribution in [0, 0.1) is 13.8 Å². The number of hydrogen-bond donors (Lipinski definition) is 1. The average molecular weight is 197 g/mol. The maximum atomic E-state index is 9.75. The fraction of sp³-hybridized carbons (Fsp3) is 0.700. The molecule has 0 amide bonds. The number of aryl methyl sites for hydroxylation is 2. The Morgan fingerprint density at radius 3 is 2.62 bits per heavy atom. The van der Waals surface area contributed by atoms with Gasteiger partial charge >= 0.3 is 0 Å². The van der Waals surface area contributed by atoms with Crippen LogP contribution in [0.5, 0.6) is 0 Å². The number of rotatable bonds is 1. The molecule has 2 atom stereocenters. The standard InChI is InChI=1S/C10H15NOS/c1-6-10(13-7(2)11-6)8-4-3-5-9(8)12/h8-9,12H,3-5H2,1-2H3/t8-,9-/m1/s1. The lowest BCUT2D eigenvalue weighted by molar-refractivity contribution is 0.164. The Balaban J connectivity index is 2.28. The van der Waals surface area contributed by atoms with E-state index in [4.69, 9.17) is 0 Å². The largest absolute Gasteiger partial charge is 0.392 e. The van der Waals surface area contributed by atoms with E-state index in [1.807, 2.05) is 13.8 Å². The third-order valence-corrected chi connectivity index (χ3v) is 3.96. The van der Waals surface area contributed by atoms with Crippen LogP contribution in [0.15, 0.2) is 0 Å². The van der Waals surface area contributed by atoms with Crippen molar-refractivity contribution in [1.29, 1.82) is 0 Å². The second-order valence-corrected chi connectivity index (χ2v) is 5.02. The van der Waals surface area contributed by atoms with Gasteiger partial charge in [0.1, 0.15) is 0 Å². The molecule has 1 aromatic rings. The molecule has 2 nitrogen and oxygen atoms in total. The quantitative estimate of drug-likeness (QED) is 0.750. The second kappa shape index (κ2) is 3.39. The van der Waals surface area contributed by atoms with E-state index in [2.05, 4.69) is 4.98 Å². The van der Waals surface area contributed by atoms with Crippen molar-refractivity contribution < 1.29 is 5.11 Å². The second-order valence-electron chi connectivity index (χ2n) is 3.79. The molecule has 1 aromatic heterocycles. The molecule has 0 spiro atoms. The van der Waals surface area contributed by atoms with E-state index >= 15 is 0 Å². The van der Waals surface area contributed by atoms with Gasteiger partial charge in [0.15, 0.2) is 0 Å². The highest BCUT2D eigenvalue weighted by atomic mass is 32.1. The molecule has 0 bridgehead atoms. The molecule has 0 saturated heterocycles. The normalized spacial score (nSPS) is 28.2. The number of nitrogens with zero attached hydrogens (tertiary/aromatic N) is 1. The van der Waals surface area contributed by atoms with Crippen molar-refractivity contribution in [3.05, 3.63) is 15.6 Å². The maximum Gasteiger partial charge on any atom is 0.0900 e. The van der Waals surface area contributed by atoms with Gasteiger partial charge in [-0.15, -0.1) is 11.3 Å². The average Bonchev–Trinajstić information content (AvgIpc) is 2.58. The summed E-state index contributed by atoms with van der Waals surface area (Å²) in [6, 6.07) is 0. The molecule has 13 heavy (non-hydrogen) atoms. The monoisotopic (exact) mass is 197 g/mol. The first-order chi connectivity index (χ1) is 6.18. The van der Waals surface area contributed by atoms with Crippen LogP contribution in [0.1, 0.15) is 40.8 Å². The minimum Gasteiger partial charge on any atom is -0.392 e. The summed E-state index contributed by atoms with van der Waals surface area (Å²) in [5.74, 6) is 0.367. The smallest absolute Gasteiger partial charge is 0.0900 e. The molecule has 0 unspecified atom stereocenters. The molecule has 1 fully saturated rings. The number of aliphatic hydroxyl groups is 1. The molecule has 1 aliphatic carbocycles. The number of thiazole rings is 1. The number of aromatic nitrogens is 1. The summed E-state index contributed by atoms with van der Waals surface area (Å²) in [6.07, 6.45) is 3.12. The highest BCUT2D eigenvalue weighted by molar-refractivity contribution is 7.11. The van der Waals surface area contributed by atoms with Crippen LogP contribution in [0.4, 0.5) is 0 Å². The van der Waals surface area contributed by atoms with Gasteiger partial charge in [-0.25, -0.2) is 4.98 Å². The minimum atomic E-state index is -0.126. The Kier molecular flexibility index (Phi) is 2.39. The summed E-state index contributed by atoms with van der Waals surface area (Å²) < 4.78 is 0. The van der Waals surface area contributed by atoms with Crippen molar-refractivity contribution in [2.45, 2.75) is 45.1 Å². The summed E-state index contributed by atoms with van der Waals surface area (Å²) in [5.41, 5.74) is 1.12. The SMILES string of the molecule is Cc1nc(C)c([C@@H]2CCC[C@H]2O)s1. The van der Waals surface area contributed by atoms with E-state index in [1.54, 1.807) is 11.3 Å². The zero-order valence-corrected chi connectivity index (χ0v) is 8.90. The zero-order valence-electron chi connectivity index (χ0n) is 8.08. The van der Waals surface area contributed by atoms with Crippen molar-refractivity contribution >= 4 is 11.3 Å². The highest BCUT2D eigenvalue weighted by Gasteiger charge is 2.29. The van der Waals surface area contributed by atoms with Crippen molar-refractivity contribution in [3.8, 4) is 0 Å². The van der Waals surface area contributed by atoms with Gasteiger partial charge < -0.3 is 5.11 Å². The molecular formula is C10H15NOS. The van der Waals surface area contributed by atoms with E-state index < -0.39 is 0 Å². The summed E-state index contributed by atoms with van der Waals surface area (Å²) in [6.45, 7) is 4.08. The third kappa shape index (κ3) is 1.63. The number of hydrogen-bond acceptors (Lipinski definition) is 3. The van der Waals surface area contributed by atoms with E-state index in [9.17, 15) is 5.11 Å². The maximum absolute atomic E-state index is 9.75. The van der Waals surface area contributed by atoms with Crippen molar-refractivity contribution in [3.63, 3.8) is 0 Å².